The van der Waals surface area contributed by atoms with Crippen LogP contribution in [0.15, 0.2) is 21.0 Å². The van der Waals surface area contributed by atoms with Crippen molar-refractivity contribution in [2.24, 2.45) is 0 Å². The molecule has 0 unspecified atom stereocenters. The molecule has 2 aromatic rings. The van der Waals surface area contributed by atoms with E-state index in [0.717, 1.165) is 26.8 Å². The molecule has 0 atom stereocenters. The quantitative estimate of drug-likeness (QED) is 0.801. The van der Waals surface area contributed by atoms with Gasteiger partial charge < -0.3 is 13.9 Å². The van der Waals surface area contributed by atoms with E-state index in [9.17, 15) is 0 Å². The number of halogens is 1. The first kappa shape index (κ1) is 11.3. The van der Waals surface area contributed by atoms with Gasteiger partial charge in [0.25, 0.3) is 0 Å². The van der Waals surface area contributed by atoms with E-state index in [1.807, 2.05) is 13.0 Å². The zero-order valence-electron chi connectivity index (χ0n) is 9.75. The lowest BCUT2D eigenvalue weighted by molar-refractivity contribution is -0.0445. The Labute approximate surface area is 108 Å². The van der Waals surface area contributed by atoms with Gasteiger partial charge in [-0.1, -0.05) is 12.1 Å². The zero-order valence-corrected chi connectivity index (χ0v) is 11.3. The summed E-state index contributed by atoms with van der Waals surface area (Å²) in [6.07, 6.45) is -0.278. The Bertz CT molecular complexity index is 568. The SMILES string of the molecule is Cc1oc2c(Br)c(C3OCCO3)ccc2c1C. The molecular formula is C13H13BrO3. The second kappa shape index (κ2) is 4.12. The normalized spacial score (nSPS) is 17.1. The first-order chi connectivity index (χ1) is 8.18. The summed E-state index contributed by atoms with van der Waals surface area (Å²) in [5.74, 6) is 0.950. The van der Waals surface area contributed by atoms with Crippen molar-refractivity contribution in [3.05, 3.63) is 33.5 Å². The van der Waals surface area contributed by atoms with Crippen LogP contribution < -0.4 is 0 Å². The lowest BCUT2D eigenvalue weighted by atomic mass is 10.1. The van der Waals surface area contributed by atoms with E-state index in [4.69, 9.17) is 13.9 Å². The summed E-state index contributed by atoms with van der Waals surface area (Å²) in [4.78, 5) is 0. The summed E-state index contributed by atoms with van der Waals surface area (Å²) >= 11 is 3.59. The highest BCUT2D eigenvalue weighted by Gasteiger charge is 2.23. The molecule has 0 aliphatic carbocycles. The van der Waals surface area contributed by atoms with Gasteiger partial charge in [-0.05, 0) is 35.3 Å². The number of furan rings is 1. The van der Waals surface area contributed by atoms with E-state index >= 15 is 0 Å². The molecule has 1 aliphatic rings. The topological polar surface area (TPSA) is 31.6 Å². The Morgan fingerprint density at radius 1 is 1.18 bits per heavy atom. The number of fused-ring (bicyclic) bond motifs is 1. The third kappa shape index (κ3) is 1.71. The van der Waals surface area contributed by atoms with Gasteiger partial charge in [0.2, 0.25) is 0 Å². The van der Waals surface area contributed by atoms with Crippen LogP contribution in [0.1, 0.15) is 23.2 Å². The van der Waals surface area contributed by atoms with E-state index < -0.39 is 0 Å². The summed E-state index contributed by atoms with van der Waals surface area (Å²) in [6.45, 7) is 5.33. The van der Waals surface area contributed by atoms with Crippen molar-refractivity contribution in [3.8, 4) is 0 Å². The minimum Gasteiger partial charge on any atom is -0.460 e. The molecule has 1 fully saturated rings. The van der Waals surface area contributed by atoms with Crippen LogP contribution in [0.25, 0.3) is 11.0 Å². The highest BCUT2D eigenvalue weighted by Crippen LogP contribution is 2.37. The molecule has 0 radical (unpaired) electrons. The van der Waals surface area contributed by atoms with E-state index in [-0.39, 0.29) is 6.29 Å². The molecule has 0 saturated carbocycles. The Morgan fingerprint density at radius 3 is 2.59 bits per heavy atom. The average Bonchev–Trinajstić information content (AvgIpc) is 2.92. The fourth-order valence-corrected chi connectivity index (χ4v) is 2.72. The van der Waals surface area contributed by atoms with Gasteiger partial charge in [-0.3, -0.25) is 0 Å². The Balaban J connectivity index is 2.18. The third-order valence-corrected chi connectivity index (χ3v) is 4.01. The van der Waals surface area contributed by atoms with Crippen molar-refractivity contribution in [2.45, 2.75) is 20.1 Å². The molecule has 4 heteroatoms. The molecular weight excluding hydrogens is 284 g/mol. The summed E-state index contributed by atoms with van der Waals surface area (Å²) in [7, 11) is 0. The minimum absolute atomic E-state index is 0.278. The molecule has 1 aromatic carbocycles. The maximum Gasteiger partial charge on any atom is 0.185 e. The Hall–Kier alpha value is -0.840. The van der Waals surface area contributed by atoms with Crippen molar-refractivity contribution < 1.29 is 13.9 Å². The Kier molecular flexibility index (Phi) is 2.73. The highest BCUT2D eigenvalue weighted by molar-refractivity contribution is 9.10. The van der Waals surface area contributed by atoms with Gasteiger partial charge in [0, 0.05) is 10.9 Å². The van der Waals surface area contributed by atoms with Gasteiger partial charge in [0.15, 0.2) is 6.29 Å². The highest BCUT2D eigenvalue weighted by atomic mass is 79.9. The molecule has 1 saturated heterocycles. The molecule has 2 heterocycles. The molecule has 17 heavy (non-hydrogen) atoms. The molecule has 0 bridgehead atoms. The van der Waals surface area contributed by atoms with Gasteiger partial charge in [-0.2, -0.15) is 0 Å². The fraction of sp³-hybridized carbons (Fsp3) is 0.385. The largest absolute Gasteiger partial charge is 0.460 e. The predicted molar refractivity (Wildman–Crippen MR) is 68.0 cm³/mol. The maximum atomic E-state index is 5.77. The smallest absolute Gasteiger partial charge is 0.185 e. The van der Waals surface area contributed by atoms with E-state index in [1.54, 1.807) is 0 Å². The van der Waals surface area contributed by atoms with Crippen LogP contribution in [0.3, 0.4) is 0 Å². The molecule has 1 aromatic heterocycles. The monoisotopic (exact) mass is 296 g/mol. The number of hydrogen-bond donors (Lipinski definition) is 0. The number of aryl methyl sites for hydroxylation is 2. The standard InChI is InChI=1S/C13H13BrO3/c1-7-8(2)17-12-9(7)3-4-10(11(12)14)13-15-5-6-16-13/h3-4,13H,5-6H2,1-2H3. The number of rotatable bonds is 1. The minimum atomic E-state index is -0.278. The summed E-state index contributed by atoms with van der Waals surface area (Å²) in [5.41, 5.74) is 3.04. The second-order valence-corrected chi connectivity index (χ2v) is 5.00. The van der Waals surface area contributed by atoms with Crippen LogP contribution in [0.2, 0.25) is 0 Å². The third-order valence-electron chi connectivity index (χ3n) is 3.19. The number of ether oxygens (including phenoxy) is 2. The van der Waals surface area contributed by atoms with Crippen molar-refractivity contribution in [2.75, 3.05) is 13.2 Å². The average molecular weight is 297 g/mol. The maximum absolute atomic E-state index is 5.77. The molecule has 1 aliphatic heterocycles. The number of hydrogen-bond acceptors (Lipinski definition) is 3. The van der Waals surface area contributed by atoms with Crippen molar-refractivity contribution in [1.29, 1.82) is 0 Å². The molecule has 90 valence electrons. The van der Waals surface area contributed by atoms with Crippen LogP contribution in [-0.2, 0) is 9.47 Å². The van der Waals surface area contributed by atoms with E-state index in [2.05, 4.69) is 28.9 Å². The molecule has 0 amide bonds. The van der Waals surface area contributed by atoms with Gasteiger partial charge in [0.1, 0.15) is 11.3 Å². The second-order valence-electron chi connectivity index (χ2n) is 4.20. The molecule has 3 rings (SSSR count). The Morgan fingerprint density at radius 2 is 1.88 bits per heavy atom. The first-order valence-electron chi connectivity index (χ1n) is 5.60. The summed E-state index contributed by atoms with van der Waals surface area (Å²) < 4.78 is 17.7. The van der Waals surface area contributed by atoms with Crippen LogP contribution in [0.4, 0.5) is 0 Å². The van der Waals surface area contributed by atoms with Crippen LogP contribution in [0, 0.1) is 13.8 Å². The number of benzene rings is 1. The lowest BCUT2D eigenvalue weighted by Gasteiger charge is -2.11. The van der Waals surface area contributed by atoms with E-state index in [0.29, 0.717) is 13.2 Å². The van der Waals surface area contributed by atoms with Gasteiger partial charge in [0.05, 0.1) is 17.7 Å². The van der Waals surface area contributed by atoms with Crippen LogP contribution >= 0.6 is 15.9 Å². The van der Waals surface area contributed by atoms with Gasteiger partial charge >= 0.3 is 0 Å². The zero-order chi connectivity index (χ0) is 12.0. The first-order valence-corrected chi connectivity index (χ1v) is 6.39. The van der Waals surface area contributed by atoms with Crippen LogP contribution in [0.5, 0.6) is 0 Å². The van der Waals surface area contributed by atoms with E-state index in [1.165, 1.54) is 5.56 Å². The van der Waals surface area contributed by atoms with Crippen molar-refractivity contribution >= 4 is 26.9 Å². The van der Waals surface area contributed by atoms with Crippen LogP contribution in [-0.4, -0.2) is 13.2 Å². The van der Waals surface area contributed by atoms with Crippen molar-refractivity contribution in [3.63, 3.8) is 0 Å². The lowest BCUT2D eigenvalue weighted by Crippen LogP contribution is -1.98. The molecule has 0 N–H and O–H groups in total. The molecule has 0 spiro atoms. The summed E-state index contributed by atoms with van der Waals surface area (Å²) in [5, 5.41) is 1.14. The van der Waals surface area contributed by atoms with Crippen molar-refractivity contribution in [1.82, 2.24) is 0 Å². The summed E-state index contributed by atoms with van der Waals surface area (Å²) in [6, 6.07) is 4.09. The predicted octanol–water partition coefficient (Wildman–Crippen LogP) is 3.86. The van der Waals surface area contributed by atoms with Gasteiger partial charge in [-0.15, -0.1) is 0 Å². The fourth-order valence-electron chi connectivity index (χ4n) is 2.11. The van der Waals surface area contributed by atoms with Gasteiger partial charge in [-0.25, -0.2) is 0 Å². The molecule has 3 nitrogen and oxygen atoms in total.